The summed E-state index contributed by atoms with van der Waals surface area (Å²) in [4.78, 5) is 21.6. The van der Waals surface area contributed by atoms with E-state index in [1.54, 1.807) is 0 Å². The molecular weight excluding hydrogens is 410 g/mol. The van der Waals surface area contributed by atoms with Crippen LogP contribution in [0.15, 0.2) is 0 Å². The predicted molar refractivity (Wildman–Crippen MR) is 104 cm³/mol. The molecule has 0 N–H and O–H groups in total. The second-order valence-electron chi connectivity index (χ2n) is 5.47. The van der Waals surface area contributed by atoms with Gasteiger partial charge in [0.25, 0.3) is 0 Å². The molecule has 0 unspecified atom stereocenters. The maximum absolute atomic E-state index is 10.8. The van der Waals surface area contributed by atoms with E-state index < -0.39 is 0 Å². The molecule has 0 atom stereocenters. The molecule has 4 nitrogen and oxygen atoms in total. The predicted octanol–water partition coefficient (Wildman–Crippen LogP) is 4.09. The van der Waals surface area contributed by atoms with Gasteiger partial charge in [-0.2, -0.15) is 11.5 Å². The number of carbonyl (C=O) groups excluding carboxylic acids is 2. The maximum atomic E-state index is 10.8. The number of hydrogen-bond acceptors (Lipinski definition) is 6. The van der Waals surface area contributed by atoms with Crippen molar-refractivity contribution in [1.29, 1.82) is 0 Å². The van der Waals surface area contributed by atoms with Gasteiger partial charge in [0.2, 0.25) is 0 Å². The quantitative estimate of drug-likeness (QED) is 0.174. The Balaban J connectivity index is -0.000000372. The van der Waals surface area contributed by atoms with Crippen molar-refractivity contribution in [3.05, 3.63) is 0 Å². The van der Waals surface area contributed by atoms with Crippen molar-refractivity contribution >= 4 is 37.2 Å². The normalized spacial score (nSPS) is 9.44. The van der Waals surface area contributed by atoms with Gasteiger partial charge in [-0.3, -0.25) is 9.59 Å². The summed E-state index contributed by atoms with van der Waals surface area (Å²) in [5.41, 5.74) is 0. The van der Waals surface area contributed by atoms with Gasteiger partial charge in [0, 0.05) is 12.8 Å². The summed E-state index contributed by atoms with van der Waals surface area (Å²) in [6.07, 6.45) is 9.88. The molecule has 0 radical (unpaired) electrons. The van der Waals surface area contributed by atoms with Crippen molar-refractivity contribution in [2.75, 3.05) is 24.7 Å². The molecule has 0 amide bonds. The Labute approximate surface area is 178 Å². The molecule has 0 saturated carbocycles. The summed E-state index contributed by atoms with van der Waals surface area (Å²) in [5, 5.41) is 0. The summed E-state index contributed by atoms with van der Waals surface area (Å²) < 4.78 is 9.85. The van der Waals surface area contributed by atoms with Gasteiger partial charge in [-0.15, -0.1) is 0 Å². The molecule has 25 heavy (non-hydrogen) atoms. The molecule has 0 bridgehead atoms. The van der Waals surface area contributed by atoms with Gasteiger partial charge in [-0.05, 0) is 12.8 Å². The van der Waals surface area contributed by atoms with E-state index in [4.69, 9.17) is 9.47 Å². The fraction of sp³-hybridized carbons (Fsp3) is 0.889. The van der Waals surface area contributed by atoms with Crippen LogP contribution in [-0.2, 0) is 63.8 Å². The molecule has 0 heterocycles. The SMILES string of the molecule is CCCCCCOC(=O)CC[S-].CCCCCCOC(=O)CC[S-].[Zn+2]. The topological polar surface area (TPSA) is 52.6 Å². The van der Waals surface area contributed by atoms with Crippen LogP contribution in [-0.4, -0.2) is 36.7 Å². The van der Waals surface area contributed by atoms with Crippen LogP contribution in [0, 0.1) is 0 Å². The zero-order chi connectivity index (χ0) is 18.5. The van der Waals surface area contributed by atoms with Gasteiger partial charge in [0.05, 0.1) is 13.2 Å². The summed E-state index contributed by atoms with van der Waals surface area (Å²) in [6.45, 7) is 5.44. The monoisotopic (exact) mass is 442 g/mol. The minimum absolute atomic E-state index is 0. The van der Waals surface area contributed by atoms with Crippen molar-refractivity contribution in [2.45, 2.75) is 78.1 Å². The van der Waals surface area contributed by atoms with Crippen molar-refractivity contribution in [2.24, 2.45) is 0 Å². The zero-order valence-corrected chi connectivity index (χ0v) is 20.7. The van der Waals surface area contributed by atoms with Crippen molar-refractivity contribution < 1.29 is 38.5 Å². The second kappa shape index (κ2) is 26.5. The molecule has 0 aromatic heterocycles. The molecule has 0 aliphatic carbocycles. The van der Waals surface area contributed by atoms with Crippen LogP contribution in [0.1, 0.15) is 78.1 Å². The largest absolute Gasteiger partial charge is 2.00 e. The Kier molecular flexibility index (Phi) is 31.8. The average molecular weight is 444 g/mol. The van der Waals surface area contributed by atoms with Crippen LogP contribution in [0.3, 0.4) is 0 Å². The van der Waals surface area contributed by atoms with Crippen molar-refractivity contribution in [3.8, 4) is 0 Å². The zero-order valence-electron chi connectivity index (χ0n) is 16.1. The molecule has 0 rings (SSSR count). The molecule has 0 aliphatic rings. The van der Waals surface area contributed by atoms with Gasteiger partial charge in [-0.1, -0.05) is 52.4 Å². The Morgan fingerprint density at radius 1 is 0.680 bits per heavy atom. The number of unbranched alkanes of at least 4 members (excludes halogenated alkanes) is 6. The summed E-state index contributed by atoms with van der Waals surface area (Å²) in [7, 11) is 0. The molecule has 0 fully saturated rings. The third kappa shape index (κ3) is 29.3. The van der Waals surface area contributed by atoms with E-state index in [0.717, 1.165) is 25.7 Å². The Bertz CT molecular complexity index is 264. The first-order valence-electron chi connectivity index (χ1n) is 9.09. The Morgan fingerprint density at radius 3 is 1.32 bits per heavy atom. The minimum atomic E-state index is -0.151. The first kappa shape index (κ1) is 30.0. The van der Waals surface area contributed by atoms with Crippen molar-refractivity contribution in [1.82, 2.24) is 0 Å². The van der Waals surface area contributed by atoms with Crippen LogP contribution in [0.5, 0.6) is 0 Å². The molecule has 0 aliphatic heterocycles. The van der Waals surface area contributed by atoms with E-state index >= 15 is 0 Å². The van der Waals surface area contributed by atoms with Gasteiger partial charge in [0.1, 0.15) is 0 Å². The van der Waals surface area contributed by atoms with Gasteiger partial charge in [-0.25, -0.2) is 0 Å². The molecular formula is C18H34O4S2Zn. The Hall–Kier alpha value is 0.263. The summed E-state index contributed by atoms with van der Waals surface area (Å²) in [5.74, 6) is 0.629. The minimum Gasteiger partial charge on any atom is -0.792 e. The first-order valence-corrected chi connectivity index (χ1v) is 10.2. The van der Waals surface area contributed by atoms with E-state index in [-0.39, 0.29) is 31.4 Å². The summed E-state index contributed by atoms with van der Waals surface area (Å²) >= 11 is 9.30. The first-order chi connectivity index (χ1) is 11.6. The van der Waals surface area contributed by atoms with Crippen LogP contribution in [0.4, 0.5) is 0 Å². The molecule has 0 spiro atoms. The van der Waals surface area contributed by atoms with Crippen molar-refractivity contribution in [3.63, 3.8) is 0 Å². The van der Waals surface area contributed by atoms with Crippen LogP contribution in [0.25, 0.3) is 0 Å². The third-order valence-electron chi connectivity index (χ3n) is 3.13. The standard InChI is InChI=1S/2C9H18O2S.Zn/c2*1-2-3-4-5-7-11-9(10)6-8-12;/h2*12H,2-8H2,1H3;/q;;+2/p-2. The van der Waals surface area contributed by atoms with E-state index in [0.29, 0.717) is 37.6 Å². The molecule has 144 valence electrons. The van der Waals surface area contributed by atoms with Crippen LogP contribution < -0.4 is 0 Å². The molecule has 7 heteroatoms. The average Bonchev–Trinajstić information content (AvgIpc) is 2.56. The van der Waals surface area contributed by atoms with E-state index in [1.807, 2.05) is 0 Å². The van der Waals surface area contributed by atoms with Gasteiger partial charge >= 0.3 is 31.4 Å². The Morgan fingerprint density at radius 2 is 1.04 bits per heavy atom. The molecule has 0 aromatic rings. The number of hydrogen-bond donors (Lipinski definition) is 0. The van der Waals surface area contributed by atoms with E-state index in [9.17, 15) is 9.59 Å². The molecule has 0 saturated heterocycles. The fourth-order valence-corrected chi connectivity index (χ4v) is 2.07. The third-order valence-corrected chi connectivity index (χ3v) is 3.54. The van der Waals surface area contributed by atoms with Crippen LogP contribution >= 0.6 is 0 Å². The van der Waals surface area contributed by atoms with E-state index in [2.05, 4.69) is 39.1 Å². The number of esters is 2. The fourth-order valence-electron chi connectivity index (χ4n) is 1.74. The van der Waals surface area contributed by atoms with E-state index in [1.165, 1.54) is 25.7 Å². The number of carbonyl (C=O) groups is 2. The van der Waals surface area contributed by atoms with Crippen LogP contribution in [0.2, 0.25) is 0 Å². The summed E-state index contributed by atoms with van der Waals surface area (Å²) in [6, 6.07) is 0. The smallest absolute Gasteiger partial charge is 0.792 e. The second-order valence-corrected chi connectivity index (χ2v) is 6.29. The molecule has 0 aromatic carbocycles. The van der Waals surface area contributed by atoms with Gasteiger partial charge in [0.15, 0.2) is 0 Å². The van der Waals surface area contributed by atoms with Gasteiger partial charge < -0.3 is 34.7 Å². The number of ether oxygens (including phenoxy) is 2. The number of rotatable bonds is 14. The maximum Gasteiger partial charge on any atom is 2.00 e.